The number of aryl methyl sites for hydroxylation is 2. The molecule has 0 spiro atoms. The van der Waals surface area contributed by atoms with Crippen LogP contribution in [-0.4, -0.2) is 26.0 Å². The number of carbonyl (C=O) groups excluding carboxylic acids is 1. The summed E-state index contributed by atoms with van der Waals surface area (Å²) in [5.74, 6) is 0.312. The predicted molar refractivity (Wildman–Crippen MR) is 104 cm³/mol. The van der Waals surface area contributed by atoms with Gasteiger partial charge >= 0.3 is 0 Å². The van der Waals surface area contributed by atoms with E-state index in [1.54, 1.807) is 37.5 Å². The molecule has 0 aliphatic rings. The van der Waals surface area contributed by atoms with Gasteiger partial charge in [0.1, 0.15) is 11.9 Å². The number of amides is 1. The molecule has 0 aliphatic heterocycles. The van der Waals surface area contributed by atoms with E-state index < -0.39 is 0 Å². The molecule has 7 heteroatoms. The monoisotopic (exact) mass is 378 g/mol. The molecule has 0 saturated carbocycles. The molecule has 2 N–H and O–H groups in total. The normalized spacial score (nSPS) is 11.7. The van der Waals surface area contributed by atoms with Crippen molar-refractivity contribution in [1.82, 2.24) is 20.3 Å². The van der Waals surface area contributed by atoms with Crippen molar-refractivity contribution in [3.63, 3.8) is 0 Å². The van der Waals surface area contributed by atoms with Crippen molar-refractivity contribution in [1.29, 1.82) is 0 Å². The zero-order valence-corrected chi connectivity index (χ0v) is 16.0. The molecule has 7 nitrogen and oxygen atoms in total. The summed E-state index contributed by atoms with van der Waals surface area (Å²) < 4.78 is 5.78. The van der Waals surface area contributed by atoms with Crippen LogP contribution in [-0.2, 0) is 6.54 Å². The molecule has 0 bridgehead atoms. The molecule has 0 fully saturated rings. The summed E-state index contributed by atoms with van der Waals surface area (Å²) in [7, 11) is 0. The lowest BCUT2D eigenvalue weighted by Gasteiger charge is -2.14. The van der Waals surface area contributed by atoms with Gasteiger partial charge < -0.3 is 15.2 Å². The lowest BCUT2D eigenvalue weighted by atomic mass is 10.1. The predicted octanol–water partition coefficient (Wildman–Crippen LogP) is 3.26. The summed E-state index contributed by atoms with van der Waals surface area (Å²) >= 11 is 0. The molecule has 28 heavy (non-hydrogen) atoms. The molecular weight excluding hydrogens is 356 g/mol. The van der Waals surface area contributed by atoms with Gasteiger partial charge in [0.05, 0.1) is 17.5 Å². The Morgan fingerprint density at radius 2 is 2.07 bits per heavy atom. The first-order valence-electron chi connectivity index (χ1n) is 8.91. The average Bonchev–Trinajstić information content (AvgIpc) is 2.68. The van der Waals surface area contributed by atoms with Crippen LogP contribution >= 0.6 is 0 Å². The van der Waals surface area contributed by atoms with E-state index in [9.17, 15) is 9.90 Å². The van der Waals surface area contributed by atoms with Gasteiger partial charge in [-0.3, -0.25) is 14.8 Å². The number of aromatic nitrogens is 3. The fourth-order valence-electron chi connectivity index (χ4n) is 2.79. The lowest BCUT2D eigenvalue weighted by Crippen LogP contribution is -2.23. The molecular formula is C21H22N4O3. The number of ether oxygens (including phenoxy) is 1. The SMILES string of the molecule is Cc1cc(C)c(CNC(=O)c2ccc(C(C)Oc3cccnc3)nc2)c(O)n1. The number of nitrogens with zero attached hydrogens (tertiary/aromatic N) is 3. The maximum atomic E-state index is 12.4. The van der Waals surface area contributed by atoms with E-state index in [2.05, 4.69) is 20.3 Å². The number of aromatic hydroxyl groups is 1. The number of pyridine rings is 3. The molecule has 3 rings (SSSR count). The number of hydrogen-bond acceptors (Lipinski definition) is 6. The molecule has 0 radical (unpaired) electrons. The first-order valence-corrected chi connectivity index (χ1v) is 8.91. The van der Waals surface area contributed by atoms with E-state index in [1.165, 1.54) is 6.20 Å². The Bertz CT molecular complexity index is 936. The molecule has 0 saturated heterocycles. The molecule has 3 aromatic rings. The third-order valence-corrected chi connectivity index (χ3v) is 4.29. The molecule has 1 amide bonds. The summed E-state index contributed by atoms with van der Waals surface area (Å²) in [6.07, 6.45) is 4.54. The van der Waals surface area contributed by atoms with Gasteiger partial charge in [0.2, 0.25) is 5.88 Å². The van der Waals surface area contributed by atoms with Crippen LogP contribution in [0.15, 0.2) is 48.9 Å². The standard InChI is InChI=1S/C21H22N4O3/c1-13-9-14(2)25-21(27)18(13)12-24-20(26)16-6-7-19(23-10-16)15(3)28-17-5-4-8-22-11-17/h4-11,15H,12H2,1-3H3,(H,24,26)(H,25,27). The van der Waals surface area contributed by atoms with Gasteiger partial charge in [-0.1, -0.05) is 0 Å². The maximum absolute atomic E-state index is 12.4. The number of hydrogen-bond donors (Lipinski definition) is 2. The first kappa shape index (κ1) is 19.3. The van der Waals surface area contributed by atoms with Gasteiger partial charge in [-0.2, -0.15) is 0 Å². The molecule has 0 aliphatic carbocycles. The fraction of sp³-hybridized carbons (Fsp3) is 0.238. The van der Waals surface area contributed by atoms with E-state index in [0.717, 1.165) is 11.3 Å². The van der Waals surface area contributed by atoms with E-state index in [0.29, 0.717) is 22.6 Å². The van der Waals surface area contributed by atoms with Crippen LogP contribution in [0, 0.1) is 13.8 Å². The fourth-order valence-corrected chi connectivity index (χ4v) is 2.79. The molecule has 1 unspecified atom stereocenters. The zero-order valence-electron chi connectivity index (χ0n) is 16.0. The summed E-state index contributed by atoms with van der Waals surface area (Å²) in [6, 6.07) is 8.93. The molecule has 1 atom stereocenters. The highest BCUT2D eigenvalue weighted by Crippen LogP contribution is 2.20. The Kier molecular flexibility index (Phi) is 5.84. The Morgan fingerprint density at radius 3 is 2.71 bits per heavy atom. The molecule has 144 valence electrons. The summed E-state index contributed by atoms with van der Waals surface area (Å²) in [4.78, 5) is 24.8. The van der Waals surface area contributed by atoms with Crippen LogP contribution in [0.1, 0.15) is 45.9 Å². The second-order valence-corrected chi connectivity index (χ2v) is 6.49. The van der Waals surface area contributed by atoms with Crippen molar-refractivity contribution in [2.24, 2.45) is 0 Å². The summed E-state index contributed by atoms with van der Waals surface area (Å²) in [5, 5.41) is 12.8. The van der Waals surface area contributed by atoms with Crippen LogP contribution in [0.4, 0.5) is 0 Å². The molecule has 3 aromatic heterocycles. The Labute approximate surface area is 163 Å². The van der Waals surface area contributed by atoms with Gasteiger partial charge in [0, 0.05) is 30.2 Å². The van der Waals surface area contributed by atoms with Crippen molar-refractivity contribution in [2.45, 2.75) is 33.4 Å². The van der Waals surface area contributed by atoms with Crippen LogP contribution in [0.2, 0.25) is 0 Å². The Morgan fingerprint density at radius 1 is 1.25 bits per heavy atom. The highest BCUT2D eigenvalue weighted by Gasteiger charge is 2.13. The van der Waals surface area contributed by atoms with Gasteiger partial charge in [-0.25, -0.2) is 4.98 Å². The minimum absolute atomic E-state index is 0.0624. The lowest BCUT2D eigenvalue weighted by molar-refractivity contribution is 0.0950. The Balaban J connectivity index is 1.62. The summed E-state index contributed by atoms with van der Waals surface area (Å²) in [5.41, 5.74) is 3.33. The van der Waals surface area contributed by atoms with Crippen molar-refractivity contribution >= 4 is 5.91 Å². The maximum Gasteiger partial charge on any atom is 0.253 e. The minimum Gasteiger partial charge on any atom is -0.493 e. The number of carbonyl (C=O) groups is 1. The Hall–Kier alpha value is -3.48. The van der Waals surface area contributed by atoms with Crippen LogP contribution in [0.25, 0.3) is 0 Å². The second kappa shape index (κ2) is 8.47. The van der Waals surface area contributed by atoms with Crippen molar-refractivity contribution in [3.05, 3.63) is 77.0 Å². The smallest absolute Gasteiger partial charge is 0.253 e. The highest BCUT2D eigenvalue weighted by atomic mass is 16.5. The first-order chi connectivity index (χ1) is 13.4. The second-order valence-electron chi connectivity index (χ2n) is 6.49. The largest absolute Gasteiger partial charge is 0.493 e. The number of rotatable bonds is 6. The third kappa shape index (κ3) is 4.62. The van der Waals surface area contributed by atoms with E-state index in [4.69, 9.17) is 4.74 Å². The zero-order chi connectivity index (χ0) is 20.1. The third-order valence-electron chi connectivity index (χ3n) is 4.29. The van der Waals surface area contributed by atoms with Gasteiger partial charge in [-0.15, -0.1) is 0 Å². The van der Waals surface area contributed by atoms with E-state index >= 15 is 0 Å². The van der Waals surface area contributed by atoms with Crippen LogP contribution < -0.4 is 10.1 Å². The minimum atomic E-state index is -0.278. The number of nitrogens with one attached hydrogen (secondary N) is 1. The van der Waals surface area contributed by atoms with Gasteiger partial charge in [0.15, 0.2) is 0 Å². The summed E-state index contributed by atoms with van der Waals surface area (Å²) in [6.45, 7) is 5.74. The van der Waals surface area contributed by atoms with Crippen LogP contribution in [0.5, 0.6) is 11.6 Å². The molecule has 3 heterocycles. The topological polar surface area (TPSA) is 97.2 Å². The van der Waals surface area contributed by atoms with Crippen molar-refractivity contribution < 1.29 is 14.6 Å². The van der Waals surface area contributed by atoms with Crippen molar-refractivity contribution in [3.8, 4) is 11.6 Å². The van der Waals surface area contributed by atoms with E-state index in [1.807, 2.05) is 26.0 Å². The van der Waals surface area contributed by atoms with Gasteiger partial charge in [-0.05, 0) is 56.7 Å². The van der Waals surface area contributed by atoms with Crippen LogP contribution in [0.3, 0.4) is 0 Å². The molecule has 0 aromatic carbocycles. The van der Waals surface area contributed by atoms with Gasteiger partial charge in [0.25, 0.3) is 5.91 Å². The van der Waals surface area contributed by atoms with Crippen molar-refractivity contribution in [2.75, 3.05) is 0 Å². The quantitative estimate of drug-likeness (QED) is 0.683. The highest BCUT2D eigenvalue weighted by molar-refractivity contribution is 5.93. The van der Waals surface area contributed by atoms with E-state index in [-0.39, 0.29) is 24.4 Å². The average molecular weight is 378 g/mol.